The van der Waals surface area contributed by atoms with Gasteiger partial charge >= 0.3 is 0 Å². The quantitative estimate of drug-likeness (QED) is 0.774. The van der Waals surface area contributed by atoms with Crippen molar-refractivity contribution in [1.82, 2.24) is 10.1 Å². The summed E-state index contributed by atoms with van der Waals surface area (Å²) in [5.74, 6) is 0.247. The fourth-order valence-electron chi connectivity index (χ4n) is 2.13. The zero-order chi connectivity index (χ0) is 14.1. The predicted molar refractivity (Wildman–Crippen MR) is 79.3 cm³/mol. The Labute approximate surface area is 121 Å². The molecule has 3 rings (SSSR count). The van der Waals surface area contributed by atoms with Gasteiger partial charge in [-0.1, -0.05) is 22.8 Å². The molecule has 0 aliphatic rings. The van der Waals surface area contributed by atoms with Crippen LogP contribution in [0.15, 0.2) is 47.1 Å². The second-order valence-electron chi connectivity index (χ2n) is 4.50. The van der Waals surface area contributed by atoms with Crippen LogP contribution in [0.2, 0.25) is 5.02 Å². The van der Waals surface area contributed by atoms with E-state index in [0.717, 1.165) is 16.8 Å². The molecule has 0 saturated carbocycles. The van der Waals surface area contributed by atoms with Crippen LogP contribution in [0.4, 0.5) is 5.88 Å². The number of rotatable bonds is 2. The van der Waals surface area contributed by atoms with Crippen LogP contribution < -0.4 is 5.73 Å². The van der Waals surface area contributed by atoms with Gasteiger partial charge in [-0.3, -0.25) is 4.98 Å². The Kier molecular flexibility index (Phi) is 3.16. The van der Waals surface area contributed by atoms with Crippen molar-refractivity contribution >= 4 is 17.5 Å². The molecule has 3 aromatic rings. The van der Waals surface area contributed by atoms with Gasteiger partial charge in [0, 0.05) is 16.8 Å². The Hall–Kier alpha value is -2.33. The first-order chi connectivity index (χ1) is 9.65. The van der Waals surface area contributed by atoms with Crippen molar-refractivity contribution in [1.29, 1.82) is 0 Å². The summed E-state index contributed by atoms with van der Waals surface area (Å²) in [6.45, 7) is 1.97. The monoisotopic (exact) mass is 285 g/mol. The summed E-state index contributed by atoms with van der Waals surface area (Å²) in [7, 11) is 0. The van der Waals surface area contributed by atoms with Crippen LogP contribution in [0.25, 0.3) is 22.5 Å². The van der Waals surface area contributed by atoms with E-state index < -0.39 is 0 Å². The molecule has 0 aliphatic carbocycles. The molecule has 2 aromatic heterocycles. The van der Waals surface area contributed by atoms with Gasteiger partial charge in [-0.15, -0.1) is 0 Å². The van der Waals surface area contributed by atoms with E-state index in [1.54, 1.807) is 6.20 Å². The summed E-state index contributed by atoms with van der Waals surface area (Å²) >= 11 is 6.10. The minimum absolute atomic E-state index is 0.247. The van der Waals surface area contributed by atoms with Crippen LogP contribution in [-0.2, 0) is 0 Å². The topological polar surface area (TPSA) is 64.9 Å². The molecule has 2 N–H and O–H groups in total. The van der Waals surface area contributed by atoms with Crippen LogP contribution in [0, 0.1) is 6.92 Å². The Bertz CT molecular complexity index is 733. The number of benzene rings is 1. The second kappa shape index (κ2) is 4.98. The molecular weight excluding hydrogens is 274 g/mol. The first-order valence-corrected chi connectivity index (χ1v) is 6.47. The van der Waals surface area contributed by atoms with Gasteiger partial charge in [0.1, 0.15) is 5.69 Å². The van der Waals surface area contributed by atoms with Gasteiger partial charge in [-0.2, -0.15) is 0 Å². The molecule has 0 aliphatic heterocycles. The molecule has 4 nitrogen and oxygen atoms in total. The number of aromatic nitrogens is 2. The molecule has 0 spiro atoms. The van der Waals surface area contributed by atoms with Crippen molar-refractivity contribution in [3.8, 4) is 22.5 Å². The van der Waals surface area contributed by atoms with Gasteiger partial charge in [-0.05, 0) is 42.8 Å². The number of halogens is 1. The lowest BCUT2D eigenvalue weighted by Crippen LogP contribution is -1.90. The molecule has 0 saturated heterocycles. The lowest BCUT2D eigenvalue weighted by molar-refractivity contribution is 0.439. The van der Waals surface area contributed by atoms with Crippen molar-refractivity contribution in [2.45, 2.75) is 6.92 Å². The van der Waals surface area contributed by atoms with E-state index in [-0.39, 0.29) is 5.88 Å². The van der Waals surface area contributed by atoms with Gasteiger partial charge in [0.2, 0.25) is 5.88 Å². The number of nitrogens with zero attached hydrogens (tertiary/aromatic N) is 2. The lowest BCUT2D eigenvalue weighted by Gasteiger charge is -2.04. The summed E-state index contributed by atoms with van der Waals surface area (Å²) in [5, 5.41) is 4.69. The molecule has 0 unspecified atom stereocenters. The molecule has 0 radical (unpaired) electrons. The van der Waals surface area contributed by atoms with E-state index in [0.29, 0.717) is 16.3 Å². The maximum absolute atomic E-state index is 6.10. The van der Waals surface area contributed by atoms with E-state index in [9.17, 15) is 0 Å². The summed E-state index contributed by atoms with van der Waals surface area (Å²) < 4.78 is 5.13. The highest BCUT2D eigenvalue weighted by molar-refractivity contribution is 6.31. The lowest BCUT2D eigenvalue weighted by atomic mass is 10.0. The Balaban J connectivity index is 2.21. The molecule has 100 valence electrons. The van der Waals surface area contributed by atoms with Gasteiger partial charge in [0.05, 0.1) is 11.3 Å². The van der Waals surface area contributed by atoms with E-state index in [1.807, 2.05) is 43.3 Å². The highest BCUT2D eigenvalue weighted by atomic mass is 35.5. The van der Waals surface area contributed by atoms with Crippen molar-refractivity contribution in [3.63, 3.8) is 0 Å². The number of aryl methyl sites for hydroxylation is 1. The van der Waals surface area contributed by atoms with Crippen LogP contribution in [0.1, 0.15) is 5.56 Å². The molecule has 5 heteroatoms. The van der Waals surface area contributed by atoms with E-state index in [4.69, 9.17) is 21.9 Å². The van der Waals surface area contributed by atoms with Crippen LogP contribution in [0.5, 0.6) is 0 Å². The molecule has 0 fully saturated rings. The fourth-order valence-corrected chi connectivity index (χ4v) is 2.42. The largest absolute Gasteiger partial charge is 0.367 e. The van der Waals surface area contributed by atoms with E-state index >= 15 is 0 Å². The summed E-state index contributed by atoms with van der Waals surface area (Å²) in [6.07, 6.45) is 1.70. The Morgan fingerprint density at radius 1 is 1.20 bits per heavy atom. The highest BCUT2D eigenvalue weighted by Gasteiger charge is 2.18. The standard InChI is InChI=1S/C15H12ClN3O/c1-9-6-10(8-11(16)7-9)14-13(15(17)20-19-14)12-4-2-3-5-18-12/h2-8H,17H2,1H3. The molecular formula is C15H12ClN3O. The van der Waals surface area contributed by atoms with Gasteiger partial charge in [-0.25, -0.2) is 0 Å². The van der Waals surface area contributed by atoms with Gasteiger partial charge in [0.25, 0.3) is 0 Å². The van der Waals surface area contributed by atoms with Crippen molar-refractivity contribution in [2.24, 2.45) is 0 Å². The maximum atomic E-state index is 6.10. The number of anilines is 1. The third kappa shape index (κ3) is 2.26. The minimum Gasteiger partial charge on any atom is -0.367 e. The third-order valence-electron chi connectivity index (χ3n) is 2.96. The first-order valence-electron chi connectivity index (χ1n) is 6.09. The molecule has 0 amide bonds. The third-order valence-corrected chi connectivity index (χ3v) is 3.17. The van der Waals surface area contributed by atoms with Crippen LogP contribution in [0.3, 0.4) is 0 Å². The number of nitrogen functional groups attached to an aromatic ring is 1. The predicted octanol–water partition coefficient (Wildman–Crippen LogP) is 3.95. The maximum Gasteiger partial charge on any atom is 0.232 e. The number of hydrogen-bond acceptors (Lipinski definition) is 4. The zero-order valence-electron chi connectivity index (χ0n) is 10.8. The van der Waals surface area contributed by atoms with Crippen LogP contribution >= 0.6 is 11.6 Å². The number of nitrogens with two attached hydrogens (primary N) is 1. The van der Waals surface area contributed by atoms with Gasteiger partial charge < -0.3 is 10.3 Å². The minimum atomic E-state index is 0.247. The van der Waals surface area contributed by atoms with E-state index in [2.05, 4.69) is 10.1 Å². The fraction of sp³-hybridized carbons (Fsp3) is 0.0667. The average molecular weight is 286 g/mol. The first kappa shape index (κ1) is 12.7. The smallest absolute Gasteiger partial charge is 0.232 e. The SMILES string of the molecule is Cc1cc(Cl)cc(-c2noc(N)c2-c2ccccn2)c1. The van der Waals surface area contributed by atoms with Gasteiger partial charge in [0.15, 0.2) is 0 Å². The number of pyridine rings is 1. The average Bonchev–Trinajstić information content (AvgIpc) is 2.80. The molecule has 0 atom stereocenters. The van der Waals surface area contributed by atoms with E-state index in [1.165, 1.54) is 0 Å². The number of hydrogen-bond donors (Lipinski definition) is 1. The summed E-state index contributed by atoms with van der Waals surface area (Å²) in [4.78, 5) is 4.30. The van der Waals surface area contributed by atoms with Crippen molar-refractivity contribution in [2.75, 3.05) is 5.73 Å². The van der Waals surface area contributed by atoms with Crippen molar-refractivity contribution < 1.29 is 4.52 Å². The summed E-state index contributed by atoms with van der Waals surface area (Å²) in [5.41, 5.74) is 9.84. The Morgan fingerprint density at radius 2 is 2.05 bits per heavy atom. The molecule has 0 bridgehead atoms. The summed E-state index contributed by atoms with van der Waals surface area (Å²) in [6, 6.07) is 11.3. The van der Waals surface area contributed by atoms with Crippen molar-refractivity contribution in [3.05, 3.63) is 53.2 Å². The normalized spacial score (nSPS) is 10.7. The molecule has 1 aromatic carbocycles. The molecule has 20 heavy (non-hydrogen) atoms. The Morgan fingerprint density at radius 3 is 2.75 bits per heavy atom. The zero-order valence-corrected chi connectivity index (χ0v) is 11.6. The van der Waals surface area contributed by atoms with Crippen LogP contribution in [-0.4, -0.2) is 10.1 Å². The highest BCUT2D eigenvalue weighted by Crippen LogP contribution is 2.36. The molecule has 2 heterocycles. The second-order valence-corrected chi connectivity index (χ2v) is 4.94.